The van der Waals surface area contributed by atoms with Crippen LogP contribution in [0.5, 0.6) is 0 Å². The molecule has 1 heterocycles. The van der Waals surface area contributed by atoms with Gasteiger partial charge in [-0.3, -0.25) is 9.59 Å². The van der Waals surface area contributed by atoms with E-state index in [1.165, 1.54) is 4.90 Å². The van der Waals surface area contributed by atoms with E-state index in [1.54, 1.807) is 12.1 Å². The number of rotatable bonds is 1. The fourth-order valence-electron chi connectivity index (χ4n) is 4.95. The Hall–Kier alpha value is -1.61. The van der Waals surface area contributed by atoms with Crippen molar-refractivity contribution in [1.29, 1.82) is 0 Å². The van der Waals surface area contributed by atoms with Crippen LogP contribution in [-0.2, 0) is 9.59 Å². The number of anilines is 1. The molecule has 1 aliphatic heterocycles. The third kappa shape index (κ3) is 1.23. The number of hydrogen-bond donors (Lipinski definition) is 0. The number of para-hydroxylation sites is 1. The predicted octanol–water partition coefficient (Wildman–Crippen LogP) is 3.04. The Balaban J connectivity index is 1.61. The lowest BCUT2D eigenvalue weighted by Gasteiger charge is -2.22. The van der Waals surface area contributed by atoms with Crippen LogP contribution in [0.25, 0.3) is 0 Å². The van der Waals surface area contributed by atoms with Gasteiger partial charge < -0.3 is 0 Å². The highest BCUT2D eigenvalue weighted by Gasteiger charge is 2.73. The monoisotopic (exact) mass is 299 g/mol. The van der Waals surface area contributed by atoms with E-state index in [1.807, 2.05) is 12.1 Å². The third-order valence-electron chi connectivity index (χ3n) is 5.95. The third-order valence-corrected chi connectivity index (χ3v) is 6.27. The lowest BCUT2D eigenvalue weighted by Crippen LogP contribution is -2.34. The van der Waals surface area contributed by atoms with Crippen molar-refractivity contribution in [2.24, 2.45) is 29.1 Å². The molecule has 0 N–H and O–H groups in total. The van der Waals surface area contributed by atoms with Gasteiger partial charge in [0.05, 0.1) is 22.5 Å². The Morgan fingerprint density at radius 3 is 2.10 bits per heavy atom. The largest absolute Gasteiger partial charge is 0.274 e. The van der Waals surface area contributed by atoms with Crippen LogP contribution in [0.4, 0.5) is 5.69 Å². The molecular formula is C17H14ClNO2. The second-order valence-corrected chi connectivity index (χ2v) is 7.09. The highest BCUT2D eigenvalue weighted by atomic mass is 35.5. The number of carbonyl (C=O) groups is 2. The van der Waals surface area contributed by atoms with E-state index in [0.29, 0.717) is 10.7 Å². The van der Waals surface area contributed by atoms with Crippen LogP contribution < -0.4 is 4.90 Å². The minimum absolute atomic E-state index is 0.0544. The Bertz CT molecular complexity index is 687. The summed E-state index contributed by atoms with van der Waals surface area (Å²) in [6.45, 7) is 0. The quantitative estimate of drug-likeness (QED) is 0.590. The van der Waals surface area contributed by atoms with E-state index in [9.17, 15) is 9.59 Å². The standard InChI is InChI=1S/C17H14ClNO2/c18-11-3-1-2-4-12(11)19-15(20)13-9-5-6-10(14(13)16(19)21)17(9)7-8-17/h1-6,9-10,13-14H,7-8H2/t9-,10+,13+,14-. The summed E-state index contributed by atoms with van der Waals surface area (Å²) in [5.41, 5.74) is 0.778. The molecule has 1 aromatic carbocycles. The highest BCUT2D eigenvalue weighted by Crippen LogP contribution is 2.73. The summed E-state index contributed by atoms with van der Waals surface area (Å²) in [5.74, 6) is 0.0906. The molecule has 21 heavy (non-hydrogen) atoms. The van der Waals surface area contributed by atoms with Crippen LogP contribution in [0.1, 0.15) is 12.8 Å². The zero-order valence-corrected chi connectivity index (χ0v) is 12.1. The second-order valence-electron chi connectivity index (χ2n) is 6.68. The molecule has 4 aliphatic rings. The van der Waals surface area contributed by atoms with E-state index in [0.717, 1.165) is 12.8 Å². The Morgan fingerprint density at radius 2 is 1.57 bits per heavy atom. The molecule has 1 aromatic rings. The fourth-order valence-corrected chi connectivity index (χ4v) is 5.17. The van der Waals surface area contributed by atoms with Gasteiger partial charge in [0.15, 0.2) is 0 Å². The number of amides is 2. The van der Waals surface area contributed by atoms with Crippen molar-refractivity contribution in [1.82, 2.24) is 0 Å². The molecule has 2 saturated carbocycles. The number of imide groups is 1. The number of halogens is 1. The average Bonchev–Trinajstić information content (AvgIpc) is 3.07. The first-order valence-electron chi connectivity index (χ1n) is 7.46. The van der Waals surface area contributed by atoms with Crippen LogP contribution in [0.3, 0.4) is 0 Å². The molecule has 4 atom stereocenters. The minimum Gasteiger partial charge on any atom is -0.274 e. The maximum Gasteiger partial charge on any atom is 0.238 e. The highest BCUT2D eigenvalue weighted by molar-refractivity contribution is 6.36. The lowest BCUT2D eigenvalue weighted by molar-refractivity contribution is -0.123. The molecule has 0 aromatic heterocycles. The van der Waals surface area contributed by atoms with Crippen LogP contribution in [0.2, 0.25) is 5.02 Å². The summed E-state index contributed by atoms with van der Waals surface area (Å²) in [5, 5.41) is 0.459. The fraction of sp³-hybridized carbons (Fsp3) is 0.412. The molecule has 3 aliphatic carbocycles. The summed E-state index contributed by atoms with van der Waals surface area (Å²) in [6.07, 6.45) is 6.68. The number of nitrogens with zero attached hydrogens (tertiary/aromatic N) is 1. The zero-order chi connectivity index (χ0) is 14.4. The summed E-state index contributed by atoms with van der Waals surface area (Å²) in [7, 11) is 0. The zero-order valence-electron chi connectivity index (χ0n) is 11.3. The molecule has 4 heteroatoms. The molecule has 0 unspecified atom stereocenters. The van der Waals surface area contributed by atoms with E-state index in [-0.39, 0.29) is 40.9 Å². The molecule has 0 radical (unpaired) electrons. The van der Waals surface area contributed by atoms with Crippen molar-refractivity contribution < 1.29 is 9.59 Å². The van der Waals surface area contributed by atoms with Gasteiger partial charge in [0.1, 0.15) is 0 Å². The van der Waals surface area contributed by atoms with Crippen molar-refractivity contribution in [3.8, 4) is 0 Å². The van der Waals surface area contributed by atoms with Gasteiger partial charge in [0, 0.05) is 0 Å². The van der Waals surface area contributed by atoms with E-state index in [2.05, 4.69) is 12.2 Å². The number of carbonyl (C=O) groups excluding carboxylic acids is 2. The molecule has 5 rings (SSSR count). The molecule has 3 nitrogen and oxygen atoms in total. The lowest BCUT2D eigenvalue weighted by atomic mass is 9.85. The Morgan fingerprint density at radius 1 is 1.00 bits per heavy atom. The Kier molecular flexibility index (Phi) is 2.05. The van der Waals surface area contributed by atoms with Gasteiger partial charge in [-0.15, -0.1) is 0 Å². The molecular weight excluding hydrogens is 286 g/mol. The summed E-state index contributed by atoms with van der Waals surface area (Å²) in [4.78, 5) is 27.1. The first-order chi connectivity index (χ1) is 10.1. The molecule has 1 spiro atoms. The van der Waals surface area contributed by atoms with Crippen molar-refractivity contribution >= 4 is 29.1 Å². The molecule has 2 amide bonds. The average molecular weight is 300 g/mol. The topological polar surface area (TPSA) is 37.4 Å². The van der Waals surface area contributed by atoms with Gasteiger partial charge in [-0.2, -0.15) is 0 Å². The van der Waals surface area contributed by atoms with Crippen molar-refractivity contribution in [3.63, 3.8) is 0 Å². The SMILES string of the molecule is O=C1[C@@H]2[C@H](C(=O)N1c1ccccc1Cl)[C@@H]1C=C[C@H]2C12CC2. The van der Waals surface area contributed by atoms with Gasteiger partial charge >= 0.3 is 0 Å². The van der Waals surface area contributed by atoms with Gasteiger partial charge in [0.2, 0.25) is 11.8 Å². The van der Waals surface area contributed by atoms with Gasteiger partial charge in [-0.25, -0.2) is 4.90 Å². The van der Waals surface area contributed by atoms with Gasteiger partial charge in [0.25, 0.3) is 0 Å². The smallest absolute Gasteiger partial charge is 0.238 e. The van der Waals surface area contributed by atoms with Crippen LogP contribution in [-0.4, -0.2) is 11.8 Å². The number of fused-ring (bicyclic) bond motifs is 3. The summed E-state index contributed by atoms with van der Waals surface area (Å²) < 4.78 is 0. The van der Waals surface area contributed by atoms with Crippen molar-refractivity contribution in [2.45, 2.75) is 12.8 Å². The van der Waals surface area contributed by atoms with E-state index < -0.39 is 0 Å². The summed E-state index contributed by atoms with van der Waals surface area (Å²) >= 11 is 6.19. The van der Waals surface area contributed by atoms with Crippen molar-refractivity contribution in [3.05, 3.63) is 41.4 Å². The summed E-state index contributed by atoms with van der Waals surface area (Å²) in [6, 6.07) is 7.09. The number of benzene rings is 1. The van der Waals surface area contributed by atoms with Crippen molar-refractivity contribution in [2.75, 3.05) is 4.90 Å². The normalized spacial score (nSPS) is 37.7. The van der Waals surface area contributed by atoms with E-state index in [4.69, 9.17) is 11.6 Å². The molecule has 3 fully saturated rings. The van der Waals surface area contributed by atoms with Crippen LogP contribution in [0.15, 0.2) is 36.4 Å². The first kappa shape index (κ1) is 12.0. The number of allylic oxidation sites excluding steroid dienone is 2. The maximum absolute atomic E-state index is 12.9. The predicted molar refractivity (Wildman–Crippen MR) is 78.7 cm³/mol. The molecule has 2 bridgehead atoms. The second kappa shape index (κ2) is 3.58. The van der Waals surface area contributed by atoms with Gasteiger partial charge in [-0.05, 0) is 42.2 Å². The van der Waals surface area contributed by atoms with Crippen LogP contribution >= 0.6 is 11.6 Å². The first-order valence-corrected chi connectivity index (χ1v) is 7.84. The van der Waals surface area contributed by atoms with E-state index >= 15 is 0 Å². The maximum atomic E-state index is 12.9. The van der Waals surface area contributed by atoms with Gasteiger partial charge in [-0.1, -0.05) is 35.9 Å². The molecule has 106 valence electrons. The Labute approximate surface area is 127 Å². The van der Waals surface area contributed by atoms with Crippen LogP contribution in [0, 0.1) is 29.1 Å². The minimum atomic E-state index is -0.161. The number of hydrogen-bond acceptors (Lipinski definition) is 2. The molecule has 1 saturated heterocycles.